The molecule has 47 heavy (non-hydrogen) atoms. The van der Waals surface area contributed by atoms with Crippen molar-refractivity contribution in [3.05, 3.63) is 108 Å². The Kier molecular flexibility index (Phi) is 14.9. The molecule has 0 bridgehead atoms. The molecule has 0 aliphatic carbocycles. The fraction of sp³-hybridized carbons (Fsp3) is 0.273. The number of alkyl carbamates (subject to hydrolysis) is 1. The second-order valence-corrected chi connectivity index (χ2v) is 10.1. The van der Waals surface area contributed by atoms with Crippen LogP contribution in [-0.2, 0) is 57.8 Å². The van der Waals surface area contributed by atoms with Crippen LogP contribution in [-0.4, -0.2) is 79.6 Å². The summed E-state index contributed by atoms with van der Waals surface area (Å²) in [5.74, 6) is -3.65. The minimum atomic E-state index is -1.19. The van der Waals surface area contributed by atoms with Crippen LogP contribution in [0.3, 0.4) is 0 Å². The molecule has 0 saturated heterocycles. The van der Waals surface area contributed by atoms with E-state index >= 15 is 0 Å². The number of nitrogens with one attached hydrogen (secondary N) is 3. The number of rotatable bonds is 18. The second-order valence-electron chi connectivity index (χ2n) is 10.1. The fourth-order valence-corrected chi connectivity index (χ4v) is 4.08. The van der Waals surface area contributed by atoms with E-state index in [-0.39, 0.29) is 19.6 Å². The Bertz CT molecular complexity index is 1470. The van der Waals surface area contributed by atoms with Gasteiger partial charge < -0.3 is 40.8 Å². The molecule has 1 atom stereocenters. The van der Waals surface area contributed by atoms with E-state index in [9.17, 15) is 28.8 Å². The molecule has 3 rings (SSSR count). The van der Waals surface area contributed by atoms with Gasteiger partial charge in [0.25, 0.3) is 0 Å². The monoisotopic (exact) mass is 647 g/mol. The molecule has 5 amide bonds. The lowest BCUT2D eigenvalue weighted by Gasteiger charge is -2.27. The molecule has 0 spiro atoms. The Balaban J connectivity index is 1.52. The minimum Gasteiger partial charge on any atom is -0.459 e. The number of hydrogen-bond acceptors (Lipinski definition) is 9. The summed E-state index contributed by atoms with van der Waals surface area (Å²) in [6.07, 6.45) is -0.786. The van der Waals surface area contributed by atoms with E-state index in [4.69, 9.17) is 19.9 Å². The molecule has 0 radical (unpaired) electrons. The van der Waals surface area contributed by atoms with Gasteiger partial charge in [0.2, 0.25) is 23.6 Å². The van der Waals surface area contributed by atoms with Gasteiger partial charge in [0.1, 0.15) is 45.7 Å². The van der Waals surface area contributed by atoms with E-state index in [2.05, 4.69) is 16.0 Å². The normalized spacial score (nSPS) is 11.0. The van der Waals surface area contributed by atoms with Gasteiger partial charge in [-0.1, -0.05) is 91.0 Å². The molecule has 0 aliphatic heterocycles. The summed E-state index contributed by atoms with van der Waals surface area (Å²) in [6.45, 7) is -2.48. The molecule has 14 nitrogen and oxygen atoms in total. The zero-order valence-corrected chi connectivity index (χ0v) is 25.6. The molecule has 0 aromatic heterocycles. The van der Waals surface area contributed by atoms with Crippen molar-refractivity contribution in [3.8, 4) is 0 Å². The molecule has 3 aromatic rings. The third-order valence-electron chi connectivity index (χ3n) is 6.34. The van der Waals surface area contributed by atoms with Gasteiger partial charge in [-0.2, -0.15) is 0 Å². The third kappa shape index (κ3) is 14.3. The number of carbonyl (C=O) groups is 6. The van der Waals surface area contributed by atoms with Crippen LogP contribution < -0.4 is 21.7 Å². The van der Waals surface area contributed by atoms with E-state index in [1.165, 1.54) is 0 Å². The largest absolute Gasteiger partial charge is 0.459 e. The van der Waals surface area contributed by atoms with Crippen LogP contribution in [0.1, 0.15) is 16.7 Å². The topological polar surface area (TPSA) is 195 Å². The maximum Gasteiger partial charge on any atom is 0.407 e. The van der Waals surface area contributed by atoms with Crippen LogP contribution in [0.25, 0.3) is 0 Å². The van der Waals surface area contributed by atoms with Crippen molar-refractivity contribution in [1.29, 1.82) is 0 Å². The number of ether oxygens (including phenoxy) is 3. The standard InChI is InChI=1S/C33H37N5O9/c34-28(39)19-38(23-45-22-31(42)46-20-25-12-6-2-7-13-25)32(43)27(16-24-10-4-1-5-11-24)37-30(41)18-35-29(40)17-36-33(44)47-21-26-14-8-3-9-15-26/h1-15,27H,16-23H2,(H2,34,39)(H,35,40)(H,36,44)(H,37,41)/t27-/m1/s1. The van der Waals surface area contributed by atoms with Gasteiger partial charge in [-0.05, 0) is 16.7 Å². The van der Waals surface area contributed by atoms with Gasteiger partial charge >= 0.3 is 12.1 Å². The molecule has 3 aromatic carbocycles. The maximum atomic E-state index is 13.5. The van der Waals surface area contributed by atoms with Crippen molar-refractivity contribution in [2.45, 2.75) is 25.7 Å². The number of primary amides is 1. The molecule has 5 N–H and O–H groups in total. The first kappa shape index (κ1) is 35.7. The highest BCUT2D eigenvalue weighted by Crippen LogP contribution is 2.08. The predicted molar refractivity (Wildman–Crippen MR) is 168 cm³/mol. The van der Waals surface area contributed by atoms with E-state index in [0.29, 0.717) is 5.56 Å². The number of benzene rings is 3. The lowest BCUT2D eigenvalue weighted by molar-refractivity contribution is -0.156. The summed E-state index contributed by atoms with van der Waals surface area (Å²) in [4.78, 5) is 75.3. The molecule has 0 aliphatic rings. The number of nitrogens with two attached hydrogens (primary N) is 1. The highest BCUT2D eigenvalue weighted by Gasteiger charge is 2.28. The maximum absolute atomic E-state index is 13.5. The second kappa shape index (κ2) is 19.6. The van der Waals surface area contributed by atoms with E-state index in [0.717, 1.165) is 16.0 Å². The molecule has 0 fully saturated rings. The quantitative estimate of drug-likeness (QED) is 0.114. The van der Waals surface area contributed by atoms with Crippen LogP contribution >= 0.6 is 0 Å². The van der Waals surface area contributed by atoms with Crippen LogP contribution in [0, 0.1) is 0 Å². The summed E-state index contributed by atoms with van der Waals surface area (Å²) in [7, 11) is 0. The summed E-state index contributed by atoms with van der Waals surface area (Å²) in [5.41, 5.74) is 7.59. The average Bonchev–Trinajstić information content (AvgIpc) is 3.08. The summed E-state index contributed by atoms with van der Waals surface area (Å²) in [6, 6.07) is 25.6. The van der Waals surface area contributed by atoms with E-state index in [1.807, 2.05) is 12.1 Å². The summed E-state index contributed by atoms with van der Waals surface area (Å²) in [5, 5.41) is 7.20. The van der Waals surface area contributed by atoms with Gasteiger partial charge in [0.05, 0.1) is 6.54 Å². The minimum absolute atomic E-state index is 0.0175. The zero-order valence-electron chi connectivity index (χ0n) is 25.6. The van der Waals surface area contributed by atoms with Gasteiger partial charge in [-0.15, -0.1) is 0 Å². The molecule has 14 heteroatoms. The molecule has 0 unspecified atom stereocenters. The highest BCUT2D eigenvalue weighted by molar-refractivity contribution is 5.92. The number of amides is 5. The van der Waals surface area contributed by atoms with Crippen molar-refractivity contribution in [1.82, 2.24) is 20.9 Å². The molecular formula is C33H37N5O9. The Morgan fingerprint density at radius 2 is 1.21 bits per heavy atom. The van der Waals surface area contributed by atoms with Gasteiger partial charge in [0, 0.05) is 6.42 Å². The number of nitrogens with zero attached hydrogens (tertiary/aromatic N) is 1. The smallest absolute Gasteiger partial charge is 0.407 e. The third-order valence-corrected chi connectivity index (χ3v) is 6.34. The van der Waals surface area contributed by atoms with Crippen molar-refractivity contribution in [2.75, 3.05) is 33.0 Å². The number of hydrogen-bond donors (Lipinski definition) is 4. The Morgan fingerprint density at radius 3 is 1.79 bits per heavy atom. The van der Waals surface area contributed by atoms with Crippen molar-refractivity contribution < 1.29 is 43.0 Å². The van der Waals surface area contributed by atoms with E-state index in [1.54, 1.807) is 78.9 Å². The number of carbonyl (C=O) groups excluding carboxylic acids is 6. The van der Waals surface area contributed by atoms with Gasteiger partial charge in [-0.25, -0.2) is 9.59 Å². The zero-order chi connectivity index (χ0) is 33.9. The molecular weight excluding hydrogens is 610 g/mol. The summed E-state index contributed by atoms with van der Waals surface area (Å²) >= 11 is 0. The first-order valence-electron chi connectivity index (χ1n) is 14.6. The van der Waals surface area contributed by atoms with Gasteiger partial charge in [0.15, 0.2) is 0 Å². The molecule has 0 saturated carbocycles. The highest BCUT2D eigenvalue weighted by atomic mass is 16.6. The fourth-order valence-electron chi connectivity index (χ4n) is 4.08. The Morgan fingerprint density at radius 1 is 0.681 bits per heavy atom. The SMILES string of the molecule is NC(=O)CN(COCC(=O)OCc1ccccc1)C(=O)[C@@H](Cc1ccccc1)NC(=O)CNC(=O)CNC(=O)OCc1ccccc1. The van der Waals surface area contributed by atoms with Gasteiger partial charge in [-0.3, -0.25) is 19.2 Å². The Hall–Kier alpha value is -5.76. The first-order valence-corrected chi connectivity index (χ1v) is 14.6. The first-order chi connectivity index (χ1) is 22.7. The van der Waals surface area contributed by atoms with Crippen LogP contribution in [0.15, 0.2) is 91.0 Å². The van der Waals surface area contributed by atoms with E-state index < -0.39 is 74.7 Å². The van der Waals surface area contributed by atoms with Crippen molar-refractivity contribution >= 4 is 35.7 Å². The lowest BCUT2D eigenvalue weighted by Crippen LogP contribution is -2.54. The Labute approximate surface area is 271 Å². The van der Waals surface area contributed by atoms with Crippen molar-refractivity contribution in [2.24, 2.45) is 5.73 Å². The van der Waals surface area contributed by atoms with Crippen molar-refractivity contribution in [3.63, 3.8) is 0 Å². The van der Waals surface area contributed by atoms with Crippen LogP contribution in [0.2, 0.25) is 0 Å². The molecule has 248 valence electrons. The summed E-state index contributed by atoms with van der Waals surface area (Å²) < 4.78 is 15.5. The van der Waals surface area contributed by atoms with Crippen LogP contribution in [0.4, 0.5) is 4.79 Å². The average molecular weight is 648 g/mol. The number of esters is 1. The predicted octanol–water partition coefficient (Wildman–Crippen LogP) is 0.788. The lowest BCUT2D eigenvalue weighted by atomic mass is 10.0. The molecule has 0 heterocycles. The van der Waals surface area contributed by atoms with Crippen LogP contribution in [0.5, 0.6) is 0 Å².